The summed E-state index contributed by atoms with van der Waals surface area (Å²) in [4.78, 5) is 11.9. The van der Waals surface area contributed by atoms with Crippen molar-refractivity contribution in [2.45, 2.75) is 13.8 Å². The van der Waals surface area contributed by atoms with E-state index in [1.807, 2.05) is 44.2 Å². The summed E-state index contributed by atoms with van der Waals surface area (Å²) in [5.41, 5.74) is 2.41. The summed E-state index contributed by atoms with van der Waals surface area (Å²) < 4.78 is 1.42. The Morgan fingerprint density at radius 3 is 2.47 bits per heavy atom. The van der Waals surface area contributed by atoms with E-state index in [0.29, 0.717) is 0 Å². The molecule has 0 saturated heterocycles. The predicted molar refractivity (Wildman–Crippen MR) is 59.3 cm³/mol. The second kappa shape index (κ2) is 3.69. The van der Waals surface area contributed by atoms with Gasteiger partial charge in [-0.1, -0.05) is 18.2 Å². The Labute approximate surface area is 88.0 Å². The van der Waals surface area contributed by atoms with Gasteiger partial charge in [-0.3, -0.25) is 4.79 Å². The lowest BCUT2D eigenvalue weighted by atomic mass is 10.2. The van der Waals surface area contributed by atoms with Crippen molar-refractivity contribution < 1.29 is 0 Å². The zero-order valence-electron chi connectivity index (χ0n) is 8.77. The summed E-state index contributed by atoms with van der Waals surface area (Å²) in [6, 6.07) is 9.42. The molecule has 0 amide bonds. The molecule has 0 unspecified atom stereocenters. The highest BCUT2D eigenvalue weighted by atomic mass is 16.1. The lowest BCUT2D eigenvalue weighted by Gasteiger charge is -2.06. The van der Waals surface area contributed by atoms with Gasteiger partial charge in [-0.15, -0.1) is 0 Å². The van der Waals surface area contributed by atoms with Crippen LogP contribution in [0.25, 0.3) is 5.69 Å². The summed E-state index contributed by atoms with van der Waals surface area (Å²) in [6.45, 7) is 3.71. The van der Waals surface area contributed by atoms with Gasteiger partial charge in [-0.2, -0.15) is 9.78 Å². The van der Waals surface area contributed by atoms with Gasteiger partial charge >= 0.3 is 0 Å². The van der Waals surface area contributed by atoms with Gasteiger partial charge < -0.3 is 0 Å². The third-order valence-corrected chi connectivity index (χ3v) is 2.47. The molecule has 0 radical (unpaired) electrons. The molecule has 0 fully saturated rings. The number of para-hydroxylation sites is 1. The number of aromatic nitrogens is 2. The molecule has 0 bridgehead atoms. The van der Waals surface area contributed by atoms with Crippen LogP contribution in [0.2, 0.25) is 0 Å². The molecule has 3 nitrogen and oxygen atoms in total. The van der Waals surface area contributed by atoms with Crippen molar-refractivity contribution in [2.75, 3.05) is 0 Å². The van der Waals surface area contributed by atoms with Crippen LogP contribution >= 0.6 is 0 Å². The normalized spacial score (nSPS) is 10.3. The highest BCUT2D eigenvalue weighted by Gasteiger charge is 2.04. The molecule has 0 saturated carbocycles. The maximum atomic E-state index is 11.9. The SMILES string of the molecule is Cc1cnn(-c2ccccc2)c(=O)c1C. The van der Waals surface area contributed by atoms with Crippen molar-refractivity contribution in [2.24, 2.45) is 0 Å². The van der Waals surface area contributed by atoms with Crippen molar-refractivity contribution in [3.8, 4) is 5.69 Å². The average Bonchev–Trinajstić information content (AvgIpc) is 2.27. The van der Waals surface area contributed by atoms with Gasteiger partial charge in [0.25, 0.3) is 5.56 Å². The van der Waals surface area contributed by atoms with Crippen LogP contribution in [0, 0.1) is 13.8 Å². The number of hydrogen-bond acceptors (Lipinski definition) is 2. The quantitative estimate of drug-likeness (QED) is 0.704. The van der Waals surface area contributed by atoms with Crippen LogP contribution in [0.4, 0.5) is 0 Å². The first-order valence-electron chi connectivity index (χ1n) is 4.81. The van der Waals surface area contributed by atoms with Crippen LogP contribution in [0.15, 0.2) is 41.3 Å². The van der Waals surface area contributed by atoms with E-state index in [2.05, 4.69) is 5.10 Å². The number of hydrogen-bond donors (Lipinski definition) is 0. The molecule has 2 aromatic rings. The lowest BCUT2D eigenvalue weighted by molar-refractivity contribution is 0.789. The third-order valence-electron chi connectivity index (χ3n) is 2.47. The van der Waals surface area contributed by atoms with Crippen molar-refractivity contribution in [1.29, 1.82) is 0 Å². The van der Waals surface area contributed by atoms with Crippen LogP contribution in [0.3, 0.4) is 0 Å². The molecule has 1 aromatic carbocycles. The number of rotatable bonds is 1. The van der Waals surface area contributed by atoms with Crippen molar-refractivity contribution in [1.82, 2.24) is 9.78 Å². The fraction of sp³-hybridized carbons (Fsp3) is 0.167. The van der Waals surface area contributed by atoms with Gasteiger partial charge in [-0.05, 0) is 31.5 Å². The van der Waals surface area contributed by atoms with Crippen LogP contribution in [-0.4, -0.2) is 9.78 Å². The largest absolute Gasteiger partial charge is 0.274 e. The Kier molecular flexibility index (Phi) is 2.37. The second-order valence-electron chi connectivity index (χ2n) is 3.51. The van der Waals surface area contributed by atoms with Gasteiger partial charge in [0, 0.05) is 5.56 Å². The molecule has 0 atom stereocenters. The zero-order valence-corrected chi connectivity index (χ0v) is 8.77. The minimum atomic E-state index is -0.0544. The summed E-state index contributed by atoms with van der Waals surface area (Å²) in [5.74, 6) is 0. The lowest BCUT2D eigenvalue weighted by Crippen LogP contribution is -2.23. The highest BCUT2D eigenvalue weighted by molar-refractivity contribution is 5.31. The standard InChI is InChI=1S/C12H12N2O/c1-9-8-13-14(12(15)10(9)2)11-6-4-3-5-7-11/h3-8H,1-2H3. The van der Waals surface area contributed by atoms with Gasteiger partial charge in [-0.25, -0.2) is 0 Å². The number of benzene rings is 1. The Bertz CT molecular complexity index is 529. The third kappa shape index (κ3) is 1.68. The van der Waals surface area contributed by atoms with Crippen LogP contribution in [-0.2, 0) is 0 Å². The molecule has 15 heavy (non-hydrogen) atoms. The van der Waals surface area contributed by atoms with Crippen LogP contribution in [0.1, 0.15) is 11.1 Å². The first-order chi connectivity index (χ1) is 7.20. The monoisotopic (exact) mass is 200 g/mol. The zero-order chi connectivity index (χ0) is 10.8. The van der Waals surface area contributed by atoms with Crippen molar-refractivity contribution in [3.63, 3.8) is 0 Å². The summed E-state index contributed by atoms with van der Waals surface area (Å²) in [7, 11) is 0. The fourth-order valence-corrected chi connectivity index (χ4v) is 1.37. The van der Waals surface area contributed by atoms with Gasteiger partial charge in [0.15, 0.2) is 0 Å². The van der Waals surface area contributed by atoms with Crippen molar-refractivity contribution in [3.05, 3.63) is 58.0 Å². The molecule has 1 heterocycles. The second-order valence-corrected chi connectivity index (χ2v) is 3.51. The van der Waals surface area contributed by atoms with E-state index in [4.69, 9.17) is 0 Å². The first kappa shape index (κ1) is 9.65. The van der Waals surface area contributed by atoms with E-state index in [-0.39, 0.29) is 5.56 Å². The average molecular weight is 200 g/mol. The maximum Gasteiger partial charge on any atom is 0.274 e. The van der Waals surface area contributed by atoms with Gasteiger partial charge in [0.2, 0.25) is 0 Å². The first-order valence-corrected chi connectivity index (χ1v) is 4.81. The molecule has 0 spiro atoms. The molecule has 1 aromatic heterocycles. The summed E-state index contributed by atoms with van der Waals surface area (Å²) in [5, 5.41) is 4.11. The number of nitrogens with zero attached hydrogens (tertiary/aromatic N) is 2. The van der Waals surface area contributed by atoms with E-state index in [9.17, 15) is 4.79 Å². The van der Waals surface area contributed by atoms with Crippen LogP contribution in [0.5, 0.6) is 0 Å². The Morgan fingerprint density at radius 1 is 1.13 bits per heavy atom. The smallest absolute Gasteiger partial charge is 0.267 e. The molecule has 3 heteroatoms. The molecule has 0 aliphatic rings. The minimum Gasteiger partial charge on any atom is -0.267 e. The van der Waals surface area contributed by atoms with E-state index < -0.39 is 0 Å². The Morgan fingerprint density at radius 2 is 1.80 bits per heavy atom. The highest BCUT2D eigenvalue weighted by Crippen LogP contribution is 2.04. The predicted octanol–water partition coefficient (Wildman–Crippen LogP) is 1.85. The molecule has 0 N–H and O–H groups in total. The maximum absolute atomic E-state index is 11.9. The van der Waals surface area contributed by atoms with E-state index >= 15 is 0 Å². The molecule has 2 rings (SSSR count). The fourth-order valence-electron chi connectivity index (χ4n) is 1.37. The van der Waals surface area contributed by atoms with E-state index in [0.717, 1.165) is 16.8 Å². The number of aryl methyl sites for hydroxylation is 1. The van der Waals surface area contributed by atoms with Gasteiger partial charge in [0.1, 0.15) is 0 Å². The van der Waals surface area contributed by atoms with Crippen LogP contribution < -0.4 is 5.56 Å². The molecular formula is C12H12N2O. The molecular weight excluding hydrogens is 188 g/mol. The topological polar surface area (TPSA) is 34.9 Å². The molecule has 0 aliphatic carbocycles. The van der Waals surface area contributed by atoms with Gasteiger partial charge in [0.05, 0.1) is 11.9 Å². The van der Waals surface area contributed by atoms with Crippen molar-refractivity contribution >= 4 is 0 Å². The molecule has 76 valence electrons. The Hall–Kier alpha value is -1.90. The van der Waals surface area contributed by atoms with E-state index in [1.54, 1.807) is 6.20 Å². The molecule has 0 aliphatic heterocycles. The summed E-state index contributed by atoms with van der Waals surface area (Å²) in [6.07, 6.45) is 1.71. The summed E-state index contributed by atoms with van der Waals surface area (Å²) >= 11 is 0. The Balaban J connectivity index is 2.66. The van der Waals surface area contributed by atoms with E-state index in [1.165, 1.54) is 4.68 Å². The minimum absolute atomic E-state index is 0.0544.